The zero-order valence-corrected chi connectivity index (χ0v) is 16.6. The van der Waals surface area contributed by atoms with E-state index in [9.17, 15) is 13.2 Å². The van der Waals surface area contributed by atoms with Crippen LogP contribution >= 0.6 is 0 Å². The average Bonchev–Trinajstić information content (AvgIpc) is 2.74. The van der Waals surface area contributed by atoms with E-state index in [0.717, 1.165) is 5.56 Å². The lowest BCUT2D eigenvalue weighted by Gasteiger charge is -2.08. The molecule has 0 aliphatic rings. The van der Waals surface area contributed by atoms with Gasteiger partial charge >= 0.3 is 0 Å². The summed E-state index contributed by atoms with van der Waals surface area (Å²) in [6.45, 7) is 2.37. The predicted octanol–water partition coefficient (Wildman–Crippen LogP) is 3.97. The number of aromatic nitrogens is 1. The van der Waals surface area contributed by atoms with Crippen molar-refractivity contribution < 1.29 is 17.9 Å². The summed E-state index contributed by atoms with van der Waals surface area (Å²) >= 11 is 0. The molecule has 2 aromatic carbocycles. The number of benzene rings is 2. The highest BCUT2D eigenvalue weighted by Gasteiger charge is 2.17. The van der Waals surface area contributed by atoms with Crippen molar-refractivity contribution in [3.63, 3.8) is 0 Å². The van der Waals surface area contributed by atoms with Crippen LogP contribution in [0.3, 0.4) is 0 Å². The lowest BCUT2D eigenvalue weighted by molar-refractivity contribution is -0.111. The van der Waals surface area contributed by atoms with Crippen molar-refractivity contribution in [3.05, 3.63) is 84.7 Å². The normalized spacial score (nSPS) is 11.3. The maximum Gasteiger partial charge on any atom is 0.248 e. The number of nitrogens with one attached hydrogen (secondary N) is 1. The van der Waals surface area contributed by atoms with Gasteiger partial charge in [-0.05, 0) is 73.2 Å². The quantitative estimate of drug-likeness (QED) is 0.598. The first-order chi connectivity index (χ1) is 14.0. The van der Waals surface area contributed by atoms with Crippen molar-refractivity contribution in [2.75, 3.05) is 11.9 Å². The molecule has 0 aliphatic heterocycles. The van der Waals surface area contributed by atoms with Crippen molar-refractivity contribution in [2.45, 2.75) is 16.7 Å². The smallest absolute Gasteiger partial charge is 0.248 e. The Kier molecular flexibility index (Phi) is 6.41. The lowest BCUT2D eigenvalue weighted by Crippen LogP contribution is -2.08. The molecule has 3 aromatic rings. The minimum atomic E-state index is -3.65. The summed E-state index contributed by atoms with van der Waals surface area (Å²) in [6, 6.07) is 15.9. The minimum absolute atomic E-state index is 0.144. The number of sulfone groups is 1. The topological polar surface area (TPSA) is 85.4 Å². The fraction of sp³-hybridized carbons (Fsp3) is 0.0909. The van der Waals surface area contributed by atoms with Gasteiger partial charge < -0.3 is 10.1 Å². The maximum atomic E-state index is 12.8. The number of rotatable bonds is 7. The Balaban J connectivity index is 1.69. The Morgan fingerprint density at radius 2 is 1.69 bits per heavy atom. The Morgan fingerprint density at radius 1 is 1.03 bits per heavy atom. The molecule has 0 saturated heterocycles. The molecule has 7 heteroatoms. The largest absolute Gasteiger partial charge is 0.494 e. The molecule has 0 saturated carbocycles. The SMILES string of the molecule is CCOc1ccc(S(=O)(=O)c2ccc(NC(=O)C=Cc3cccnc3)cc2)cc1. The molecular weight excluding hydrogens is 388 g/mol. The van der Waals surface area contributed by atoms with Gasteiger partial charge in [0.15, 0.2) is 0 Å². The second-order valence-corrected chi connectivity index (χ2v) is 7.99. The third-order valence-corrected chi connectivity index (χ3v) is 5.77. The standard InChI is InChI=1S/C22H20N2O4S/c1-2-28-19-8-12-21(13-9-19)29(26,27)20-10-6-18(7-11-20)24-22(25)14-5-17-4-3-15-23-16-17/h3-16H,2H2,1H3,(H,24,25). The fourth-order valence-electron chi connectivity index (χ4n) is 2.57. The number of hydrogen-bond acceptors (Lipinski definition) is 5. The molecule has 148 valence electrons. The van der Waals surface area contributed by atoms with Crippen LogP contribution in [0.1, 0.15) is 12.5 Å². The van der Waals surface area contributed by atoms with Gasteiger partial charge in [0.05, 0.1) is 16.4 Å². The third kappa shape index (κ3) is 5.30. The van der Waals surface area contributed by atoms with Gasteiger partial charge in [0, 0.05) is 24.2 Å². The van der Waals surface area contributed by atoms with Gasteiger partial charge in [0.1, 0.15) is 5.75 Å². The minimum Gasteiger partial charge on any atom is -0.494 e. The van der Waals surface area contributed by atoms with E-state index in [1.54, 1.807) is 48.8 Å². The van der Waals surface area contributed by atoms with Gasteiger partial charge in [0.2, 0.25) is 15.7 Å². The van der Waals surface area contributed by atoms with Gasteiger partial charge in [-0.25, -0.2) is 8.42 Å². The van der Waals surface area contributed by atoms with Crippen molar-refractivity contribution in [3.8, 4) is 5.75 Å². The summed E-state index contributed by atoms with van der Waals surface area (Å²) < 4.78 is 30.8. The highest BCUT2D eigenvalue weighted by molar-refractivity contribution is 7.91. The van der Waals surface area contributed by atoms with E-state index in [2.05, 4.69) is 10.3 Å². The summed E-state index contributed by atoms with van der Waals surface area (Å²) in [5, 5.41) is 2.69. The number of amides is 1. The summed E-state index contributed by atoms with van der Waals surface area (Å²) in [4.78, 5) is 16.3. The second kappa shape index (κ2) is 9.16. The summed E-state index contributed by atoms with van der Waals surface area (Å²) in [5.74, 6) is 0.292. The van der Waals surface area contributed by atoms with E-state index in [-0.39, 0.29) is 15.7 Å². The Hall–Kier alpha value is -3.45. The van der Waals surface area contributed by atoms with Crippen LogP contribution in [0.5, 0.6) is 5.75 Å². The maximum absolute atomic E-state index is 12.8. The van der Waals surface area contributed by atoms with Crippen molar-refractivity contribution in [1.82, 2.24) is 4.98 Å². The van der Waals surface area contributed by atoms with Crippen LogP contribution in [-0.4, -0.2) is 25.9 Å². The molecule has 0 bridgehead atoms. The number of carbonyl (C=O) groups excluding carboxylic acids is 1. The van der Waals surface area contributed by atoms with E-state index in [4.69, 9.17) is 4.74 Å². The summed E-state index contributed by atoms with van der Waals surface area (Å²) in [7, 11) is -3.65. The van der Waals surface area contributed by atoms with E-state index < -0.39 is 9.84 Å². The van der Waals surface area contributed by atoms with Crippen LogP contribution in [-0.2, 0) is 14.6 Å². The molecule has 1 amide bonds. The first-order valence-electron chi connectivity index (χ1n) is 8.96. The lowest BCUT2D eigenvalue weighted by atomic mass is 10.2. The highest BCUT2D eigenvalue weighted by Crippen LogP contribution is 2.24. The number of hydrogen-bond donors (Lipinski definition) is 1. The predicted molar refractivity (Wildman–Crippen MR) is 111 cm³/mol. The van der Waals surface area contributed by atoms with Gasteiger partial charge in [-0.3, -0.25) is 9.78 Å². The van der Waals surface area contributed by atoms with E-state index in [1.807, 2.05) is 13.0 Å². The molecule has 0 atom stereocenters. The zero-order chi connectivity index (χ0) is 20.7. The molecule has 0 unspecified atom stereocenters. The number of carbonyl (C=O) groups is 1. The first kappa shape index (κ1) is 20.3. The number of ether oxygens (including phenoxy) is 1. The fourth-order valence-corrected chi connectivity index (χ4v) is 3.83. The van der Waals surface area contributed by atoms with E-state index >= 15 is 0 Å². The molecule has 1 N–H and O–H groups in total. The Morgan fingerprint density at radius 3 is 2.28 bits per heavy atom. The molecule has 6 nitrogen and oxygen atoms in total. The van der Waals surface area contributed by atoms with Crippen LogP contribution in [0.4, 0.5) is 5.69 Å². The molecule has 0 aliphatic carbocycles. The van der Waals surface area contributed by atoms with Crippen LogP contribution in [0, 0.1) is 0 Å². The molecule has 3 rings (SSSR count). The third-order valence-electron chi connectivity index (χ3n) is 3.99. The van der Waals surface area contributed by atoms with Crippen LogP contribution < -0.4 is 10.1 Å². The molecule has 0 spiro atoms. The van der Waals surface area contributed by atoms with Gasteiger partial charge in [-0.1, -0.05) is 6.07 Å². The summed E-state index contributed by atoms with van der Waals surface area (Å²) in [5.41, 5.74) is 1.30. The van der Waals surface area contributed by atoms with E-state index in [1.165, 1.54) is 30.3 Å². The second-order valence-electron chi connectivity index (χ2n) is 6.04. The average molecular weight is 408 g/mol. The van der Waals surface area contributed by atoms with Crippen molar-refractivity contribution in [1.29, 1.82) is 0 Å². The highest BCUT2D eigenvalue weighted by atomic mass is 32.2. The Bertz CT molecular complexity index is 1090. The molecular formula is C22H20N2O4S. The van der Waals surface area contributed by atoms with Crippen LogP contribution in [0.25, 0.3) is 6.08 Å². The Labute approximate surface area is 169 Å². The molecule has 0 radical (unpaired) electrons. The monoisotopic (exact) mass is 408 g/mol. The number of pyridine rings is 1. The van der Waals surface area contributed by atoms with Gasteiger partial charge in [0.25, 0.3) is 0 Å². The molecule has 29 heavy (non-hydrogen) atoms. The summed E-state index contributed by atoms with van der Waals surface area (Å²) in [6.07, 6.45) is 6.33. The molecule has 1 heterocycles. The van der Waals surface area contributed by atoms with Gasteiger partial charge in [-0.2, -0.15) is 0 Å². The van der Waals surface area contributed by atoms with Crippen molar-refractivity contribution in [2.24, 2.45) is 0 Å². The van der Waals surface area contributed by atoms with Crippen LogP contribution in [0.15, 0.2) is 88.9 Å². The zero-order valence-electron chi connectivity index (χ0n) is 15.8. The van der Waals surface area contributed by atoms with E-state index in [0.29, 0.717) is 18.0 Å². The van der Waals surface area contributed by atoms with Crippen LogP contribution in [0.2, 0.25) is 0 Å². The number of anilines is 1. The first-order valence-corrected chi connectivity index (χ1v) is 10.4. The van der Waals surface area contributed by atoms with Gasteiger partial charge in [-0.15, -0.1) is 0 Å². The van der Waals surface area contributed by atoms with Crippen molar-refractivity contribution >= 4 is 27.5 Å². The molecule has 1 aromatic heterocycles. The number of nitrogens with zero attached hydrogens (tertiary/aromatic N) is 1. The molecule has 0 fully saturated rings.